The molecule has 0 bridgehead atoms. The van der Waals surface area contributed by atoms with Crippen LogP contribution in [0.25, 0.3) is 0 Å². The highest BCUT2D eigenvalue weighted by atomic mass is 16.6. The standard InChI is InChI=1S/C19H21N3O6/c1-11-5-6-12(2)19(13(11)3)28-10-17(23)21-20-9-14-7-15(22(25)26)18(24)16(8-14)27-4/h5-9,24H,10H2,1-4H3,(H,21,23)/b20-9-. The lowest BCUT2D eigenvalue weighted by atomic mass is 10.1. The van der Waals surface area contributed by atoms with E-state index in [2.05, 4.69) is 10.5 Å². The highest BCUT2D eigenvalue weighted by Gasteiger charge is 2.19. The smallest absolute Gasteiger partial charge is 0.315 e. The zero-order valence-corrected chi connectivity index (χ0v) is 16.0. The molecule has 9 heteroatoms. The van der Waals surface area contributed by atoms with Crippen LogP contribution in [0.2, 0.25) is 0 Å². The molecule has 0 saturated carbocycles. The van der Waals surface area contributed by atoms with E-state index in [1.807, 2.05) is 32.9 Å². The number of benzene rings is 2. The molecule has 2 N–H and O–H groups in total. The molecule has 0 spiro atoms. The van der Waals surface area contributed by atoms with Gasteiger partial charge in [-0.05, 0) is 43.5 Å². The minimum absolute atomic E-state index is 0.0734. The third-order valence-electron chi connectivity index (χ3n) is 4.12. The molecule has 0 aliphatic carbocycles. The van der Waals surface area contributed by atoms with E-state index in [0.717, 1.165) is 22.8 Å². The first-order chi connectivity index (χ1) is 13.2. The van der Waals surface area contributed by atoms with Crippen molar-refractivity contribution in [2.24, 2.45) is 5.10 Å². The number of phenols is 1. The van der Waals surface area contributed by atoms with Crippen molar-refractivity contribution >= 4 is 17.8 Å². The average molecular weight is 387 g/mol. The summed E-state index contributed by atoms with van der Waals surface area (Å²) in [6.45, 7) is 5.53. The number of hydrogen-bond donors (Lipinski definition) is 2. The first-order valence-electron chi connectivity index (χ1n) is 8.31. The van der Waals surface area contributed by atoms with E-state index in [4.69, 9.17) is 9.47 Å². The number of nitro benzene ring substituents is 1. The number of aromatic hydroxyl groups is 1. The van der Waals surface area contributed by atoms with E-state index in [1.54, 1.807) is 0 Å². The number of carbonyl (C=O) groups is 1. The van der Waals surface area contributed by atoms with Crippen LogP contribution in [-0.4, -0.2) is 35.9 Å². The van der Waals surface area contributed by atoms with Crippen molar-refractivity contribution in [3.63, 3.8) is 0 Å². The van der Waals surface area contributed by atoms with Crippen LogP contribution < -0.4 is 14.9 Å². The number of ether oxygens (including phenoxy) is 2. The van der Waals surface area contributed by atoms with Crippen LogP contribution in [0.3, 0.4) is 0 Å². The number of nitrogens with one attached hydrogen (secondary N) is 1. The SMILES string of the molecule is COc1cc(/C=N\NC(=O)COc2c(C)ccc(C)c2C)cc([N+](=O)[O-])c1O. The predicted octanol–water partition coefficient (Wildman–Crippen LogP) is 2.76. The van der Waals surface area contributed by atoms with Crippen LogP contribution in [-0.2, 0) is 4.79 Å². The van der Waals surface area contributed by atoms with Crippen molar-refractivity contribution < 1.29 is 24.3 Å². The molecule has 2 rings (SSSR count). The van der Waals surface area contributed by atoms with E-state index in [1.165, 1.54) is 19.4 Å². The van der Waals surface area contributed by atoms with Gasteiger partial charge in [0.15, 0.2) is 12.4 Å². The zero-order valence-electron chi connectivity index (χ0n) is 16.0. The van der Waals surface area contributed by atoms with Crippen LogP contribution in [0.1, 0.15) is 22.3 Å². The van der Waals surface area contributed by atoms with E-state index in [0.29, 0.717) is 5.75 Å². The number of rotatable bonds is 7. The summed E-state index contributed by atoms with van der Waals surface area (Å²) >= 11 is 0. The molecule has 0 unspecified atom stereocenters. The van der Waals surface area contributed by atoms with Gasteiger partial charge in [0.2, 0.25) is 5.75 Å². The fourth-order valence-electron chi connectivity index (χ4n) is 2.48. The number of aryl methyl sites for hydroxylation is 2. The molecule has 0 heterocycles. The van der Waals surface area contributed by atoms with Gasteiger partial charge in [0.1, 0.15) is 5.75 Å². The Hall–Kier alpha value is -3.62. The van der Waals surface area contributed by atoms with Crippen molar-refractivity contribution in [1.29, 1.82) is 0 Å². The van der Waals surface area contributed by atoms with Gasteiger partial charge in [0, 0.05) is 11.6 Å². The highest BCUT2D eigenvalue weighted by Crippen LogP contribution is 2.36. The molecule has 0 fully saturated rings. The summed E-state index contributed by atoms with van der Waals surface area (Å²) in [5.41, 5.74) is 4.97. The van der Waals surface area contributed by atoms with Crippen molar-refractivity contribution in [2.75, 3.05) is 13.7 Å². The predicted molar refractivity (Wildman–Crippen MR) is 103 cm³/mol. The second-order valence-corrected chi connectivity index (χ2v) is 6.08. The Kier molecular flexibility index (Phi) is 6.54. The first-order valence-corrected chi connectivity index (χ1v) is 8.31. The molecule has 0 saturated heterocycles. The molecule has 0 aliphatic heterocycles. The Morgan fingerprint density at radius 3 is 2.61 bits per heavy atom. The van der Waals surface area contributed by atoms with Crippen molar-refractivity contribution in [2.45, 2.75) is 20.8 Å². The largest absolute Gasteiger partial charge is 0.500 e. The number of phenolic OH excluding ortho intramolecular Hbond substituents is 1. The molecule has 0 atom stereocenters. The van der Waals surface area contributed by atoms with Gasteiger partial charge in [-0.25, -0.2) is 5.43 Å². The summed E-state index contributed by atoms with van der Waals surface area (Å²) in [7, 11) is 1.27. The summed E-state index contributed by atoms with van der Waals surface area (Å²) in [5.74, 6) is -0.489. The Labute approximate surface area is 161 Å². The van der Waals surface area contributed by atoms with Gasteiger partial charge in [0.05, 0.1) is 18.2 Å². The summed E-state index contributed by atoms with van der Waals surface area (Å²) in [6, 6.07) is 6.36. The normalized spacial score (nSPS) is 10.7. The molecule has 28 heavy (non-hydrogen) atoms. The Bertz CT molecular complexity index is 940. The second kappa shape index (κ2) is 8.85. The van der Waals surface area contributed by atoms with Crippen LogP contribution in [0.5, 0.6) is 17.2 Å². The van der Waals surface area contributed by atoms with Gasteiger partial charge >= 0.3 is 5.69 Å². The molecule has 148 valence electrons. The lowest BCUT2D eigenvalue weighted by Gasteiger charge is -2.13. The van der Waals surface area contributed by atoms with Crippen LogP contribution in [0.4, 0.5) is 5.69 Å². The third kappa shape index (κ3) is 4.76. The van der Waals surface area contributed by atoms with E-state index in [9.17, 15) is 20.0 Å². The van der Waals surface area contributed by atoms with Crippen LogP contribution >= 0.6 is 0 Å². The molecule has 1 amide bonds. The fraction of sp³-hybridized carbons (Fsp3) is 0.263. The van der Waals surface area contributed by atoms with Crippen LogP contribution in [0, 0.1) is 30.9 Å². The minimum Gasteiger partial charge on any atom is -0.500 e. The molecule has 0 aromatic heterocycles. The Balaban J connectivity index is 2.03. The minimum atomic E-state index is -0.742. The summed E-state index contributed by atoms with van der Waals surface area (Å²) in [4.78, 5) is 22.2. The van der Waals surface area contributed by atoms with Gasteiger partial charge in [0.25, 0.3) is 5.91 Å². The van der Waals surface area contributed by atoms with Gasteiger partial charge in [-0.3, -0.25) is 14.9 Å². The maximum absolute atomic E-state index is 11.9. The molecule has 9 nitrogen and oxygen atoms in total. The van der Waals surface area contributed by atoms with Gasteiger partial charge < -0.3 is 14.6 Å². The van der Waals surface area contributed by atoms with E-state index < -0.39 is 22.3 Å². The zero-order chi connectivity index (χ0) is 20.8. The fourth-order valence-corrected chi connectivity index (χ4v) is 2.48. The second-order valence-electron chi connectivity index (χ2n) is 6.08. The Morgan fingerprint density at radius 1 is 1.29 bits per heavy atom. The number of hydrogen-bond acceptors (Lipinski definition) is 7. The highest BCUT2D eigenvalue weighted by molar-refractivity contribution is 5.85. The van der Waals surface area contributed by atoms with Crippen molar-refractivity contribution in [1.82, 2.24) is 5.43 Å². The molecule has 2 aromatic carbocycles. The molecular formula is C19H21N3O6. The van der Waals surface area contributed by atoms with Crippen LogP contribution in [0.15, 0.2) is 29.4 Å². The average Bonchev–Trinajstić information content (AvgIpc) is 2.65. The first kappa shape index (κ1) is 20.7. The van der Waals surface area contributed by atoms with Gasteiger partial charge in [-0.2, -0.15) is 5.10 Å². The quantitative estimate of drug-likeness (QED) is 0.428. The summed E-state index contributed by atoms with van der Waals surface area (Å²) in [6.07, 6.45) is 1.20. The number of amides is 1. The monoisotopic (exact) mass is 387 g/mol. The maximum Gasteiger partial charge on any atom is 0.315 e. The van der Waals surface area contributed by atoms with E-state index >= 15 is 0 Å². The molecular weight excluding hydrogens is 366 g/mol. The molecule has 0 aliphatic rings. The van der Waals surface area contributed by atoms with E-state index in [-0.39, 0.29) is 17.9 Å². The van der Waals surface area contributed by atoms with Gasteiger partial charge in [-0.15, -0.1) is 0 Å². The lowest BCUT2D eigenvalue weighted by molar-refractivity contribution is -0.386. The number of carbonyl (C=O) groups excluding carboxylic acids is 1. The summed E-state index contributed by atoms with van der Waals surface area (Å²) in [5, 5.41) is 24.5. The topological polar surface area (TPSA) is 123 Å². The van der Waals surface area contributed by atoms with Gasteiger partial charge in [-0.1, -0.05) is 12.1 Å². The maximum atomic E-state index is 11.9. The number of methoxy groups -OCH3 is 1. The third-order valence-corrected chi connectivity index (χ3v) is 4.12. The van der Waals surface area contributed by atoms with Crippen molar-refractivity contribution in [3.8, 4) is 17.2 Å². The molecule has 2 aromatic rings. The number of hydrazone groups is 1. The van der Waals surface area contributed by atoms with Crippen molar-refractivity contribution in [3.05, 3.63) is 56.6 Å². The number of nitro groups is 1. The lowest BCUT2D eigenvalue weighted by Crippen LogP contribution is -2.25. The number of nitrogens with zero attached hydrogens (tertiary/aromatic N) is 2. The Morgan fingerprint density at radius 2 is 1.96 bits per heavy atom. The molecule has 0 radical (unpaired) electrons. The summed E-state index contributed by atoms with van der Waals surface area (Å²) < 4.78 is 10.5.